The highest BCUT2D eigenvalue weighted by molar-refractivity contribution is 7.89. The Morgan fingerprint density at radius 2 is 1.96 bits per heavy atom. The molecule has 2 atom stereocenters. The van der Waals surface area contributed by atoms with E-state index in [4.69, 9.17) is 15.2 Å². The molecule has 0 amide bonds. The fraction of sp³-hybridized carbons (Fsp3) is 0.625. The molecule has 0 radical (unpaired) electrons. The maximum Gasteiger partial charge on any atom is 0.243 e. The lowest BCUT2D eigenvalue weighted by Gasteiger charge is -2.38. The van der Waals surface area contributed by atoms with Crippen molar-refractivity contribution in [3.8, 4) is 11.5 Å². The normalized spacial score (nSPS) is 25.8. The van der Waals surface area contributed by atoms with Gasteiger partial charge < -0.3 is 15.2 Å². The Balaban J connectivity index is 1.94. The fourth-order valence-electron chi connectivity index (χ4n) is 3.30. The van der Waals surface area contributed by atoms with E-state index < -0.39 is 10.0 Å². The van der Waals surface area contributed by atoms with E-state index in [0.29, 0.717) is 37.8 Å². The molecule has 0 saturated carbocycles. The minimum atomic E-state index is -3.58. The molecule has 1 saturated heterocycles. The summed E-state index contributed by atoms with van der Waals surface area (Å²) in [5, 5.41) is 0. The second-order valence-electron chi connectivity index (χ2n) is 6.20. The van der Waals surface area contributed by atoms with E-state index in [1.165, 1.54) is 0 Å². The first kappa shape index (κ1) is 16.5. The maximum atomic E-state index is 13.0. The third-order valence-electron chi connectivity index (χ3n) is 4.63. The summed E-state index contributed by atoms with van der Waals surface area (Å²) in [6, 6.07) is 4.70. The van der Waals surface area contributed by atoms with Gasteiger partial charge >= 0.3 is 0 Å². The molecule has 0 spiro atoms. The van der Waals surface area contributed by atoms with Crippen molar-refractivity contribution in [1.82, 2.24) is 4.31 Å². The first-order valence-electron chi connectivity index (χ1n) is 8.15. The van der Waals surface area contributed by atoms with Crippen LogP contribution in [0.1, 0.15) is 26.2 Å². The van der Waals surface area contributed by atoms with Gasteiger partial charge in [0.05, 0.1) is 18.1 Å². The standard InChI is InChI=1S/C16H24N2O4S/c1-12-4-2-7-18(14(12)11-17)23(19,20)13-5-6-15-16(10-13)22-9-3-8-21-15/h5-6,10,12,14H,2-4,7-9,11,17H2,1H3/t12-,14-/m0/s1. The van der Waals surface area contributed by atoms with Crippen LogP contribution in [-0.2, 0) is 10.0 Å². The lowest BCUT2D eigenvalue weighted by molar-refractivity contribution is 0.192. The van der Waals surface area contributed by atoms with E-state index >= 15 is 0 Å². The third-order valence-corrected chi connectivity index (χ3v) is 6.55. The first-order chi connectivity index (χ1) is 11.0. The van der Waals surface area contributed by atoms with Crippen molar-refractivity contribution in [2.45, 2.75) is 37.1 Å². The summed E-state index contributed by atoms with van der Waals surface area (Å²) < 4.78 is 38.8. The molecule has 1 aromatic rings. The van der Waals surface area contributed by atoms with Crippen molar-refractivity contribution in [1.29, 1.82) is 0 Å². The molecule has 2 aliphatic rings. The van der Waals surface area contributed by atoms with Gasteiger partial charge in [0.1, 0.15) is 0 Å². The van der Waals surface area contributed by atoms with Crippen molar-refractivity contribution < 1.29 is 17.9 Å². The summed E-state index contributed by atoms with van der Waals surface area (Å²) >= 11 is 0. The number of hydrogen-bond acceptors (Lipinski definition) is 5. The Hall–Kier alpha value is -1.31. The van der Waals surface area contributed by atoms with Crippen LogP contribution in [0, 0.1) is 5.92 Å². The van der Waals surface area contributed by atoms with Gasteiger partial charge in [-0.15, -0.1) is 0 Å². The molecule has 0 bridgehead atoms. The molecule has 0 aromatic heterocycles. The number of benzene rings is 1. The van der Waals surface area contributed by atoms with E-state index in [0.717, 1.165) is 19.3 Å². The van der Waals surface area contributed by atoms with E-state index in [1.54, 1.807) is 22.5 Å². The molecule has 2 N–H and O–H groups in total. The van der Waals surface area contributed by atoms with Crippen molar-refractivity contribution >= 4 is 10.0 Å². The predicted molar refractivity (Wildman–Crippen MR) is 87.2 cm³/mol. The average Bonchev–Trinajstić information content (AvgIpc) is 2.79. The van der Waals surface area contributed by atoms with Crippen LogP contribution >= 0.6 is 0 Å². The number of nitrogens with two attached hydrogens (primary N) is 1. The van der Waals surface area contributed by atoms with Crippen LogP contribution in [-0.4, -0.2) is 45.1 Å². The Morgan fingerprint density at radius 1 is 1.22 bits per heavy atom. The van der Waals surface area contributed by atoms with Gasteiger partial charge in [-0.2, -0.15) is 4.31 Å². The van der Waals surface area contributed by atoms with Gasteiger partial charge in [-0.25, -0.2) is 8.42 Å². The quantitative estimate of drug-likeness (QED) is 0.904. The highest BCUT2D eigenvalue weighted by Crippen LogP contribution is 2.35. The van der Waals surface area contributed by atoms with Crippen LogP contribution in [0.4, 0.5) is 0 Å². The number of hydrogen-bond donors (Lipinski definition) is 1. The highest BCUT2D eigenvalue weighted by Gasteiger charge is 2.36. The van der Waals surface area contributed by atoms with Gasteiger partial charge in [-0.3, -0.25) is 0 Å². The number of rotatable bonds is 3. The van der Waals surface area contributed by atoms with Crippen molar-refractivity contribution in [3.05, 3.63) is 18.2 Å². The zero-order chi connectivity index (χ0) is 16.4. The molecular weight excluding hydrogens is 316 g/mol. The van der Waals surface area contributed by atoms with Crippen LogP contribution in [0.2, 0.25) is 0 Å². The number of sulfonamides is 1. The number of nitrogens with zero attached hydrogens (tertiary/aromatic N) is 1. The molecule has 23 heavy (non-hydrogen) atoms. The number of ether oxygens (including phenoxy) is 2. The minimum Gasteiger partial charge on any atom is -0.490 e. The fourth-order valence-corrected chi connectivity index (χ4v) is 5.09. The summed E-state index contributed by atoms with van der Waals surface area (Å²) in [5.41, 5.74) is 5.84. The zero-order valence-corrected chi connectivity index (χ0v) is 14.2. The summed E-state index contributed by atoms with van der Waals surface area (Å²) in [5.74, 6) is 1.37. The number of fused-ring (bicyclic) bond motifs is 1. The predicted octanol–water partition coefficient (Wildman–Crippen LogP) is 1.60. The van der Waals surface area contributed by atoms with Crippen molar-refractivity contribution in [2.75, 3.05) is 26.3 Å². The molecule has 1 fully saturated rings. The van der Waals surface area contributed by atoms with Gasteiger partial charge in [0.25, 0.3) is 0 Å². The third kappa shape index (κ3) is 3.18. The smallest absolute Gasteiger partial charge is 0.243 e. The van der Waals surface area contributed by atoms with E-state index in [9.17, 15) is 8.42 Å². The zero-order valence-electron chi connectivity index (χ0n) is 13.4. The summed E-state index contributed by atoms with van der Waals surface area (Å²) in [7, 11) is -3.58. The Bertz CT molecular complexity index is 662. The lowest BCUT2D eigenvalue weighted by Crippen LogP contribution is -2.51. The lowest BCUT2D eigenvalue weighted by atomic mass is 9.93. The number of piperidine rings is 1. The Labute approximate surface area is 137 Å². The molecule has 0 unspecified atom stereocenters. The van der Waals surface area contributed by atoms with Gasteiger partial charge in [0, 0.05) is 31.6 Å². The molecule has 128 valence electrons. The van der Waals surface area contributed by atoms with Gasteiger partial charge in [-0.1, -0.05) is 6.92 Å². The molecule has 6 nitrogen and oxygen atoms in total. The van der Waals surface area contributed by atoms with Crippen LogP contribution in [0.3, 0.4) is 0 Å². The molecule has 7 heteroatoms. The van der Waals surface area contributed by atoms with Gasteiger partial charge in [0.2, 0.25) is 10.0 Å². The van der Waals surface area contributed by atoms with E-state index in [-0.39, 0.29) is 16.9 Å². The summed E-state index contributed by atoms with van der Waals surface area (Å²) in [4.78, 5) is 0.245. The van der Waals surface area contributed by atoms with E-state index in [2.05, 4.69) is 6.92 Å². The Kier molecular flexibility index (Phi) is 4.79. The Morgan fingerprint density at radius 3 is 2.70 bits per heavy atom. The largest absolute Gasteiger partial charge is 0.490 e. The molecule has 2 aliphatic heterocycles. The maximum absolute atomic E-state index is 13.0. The van der Waals surface area contributed by atoms with Crippen LogP contribution in [0.15, 0.2) is 23.1 Å². The summed E-state index contributed by atoms with van der Waals surface area (Å²) in [6.45, 7) is 4.03. The molecular formula is C16H24N2O4S. The van der Waals surface area contributed by atoms with Gasteiger partial charge in [0.15, 0.2) is 11.5 Å². The van der Waals surface area contributed by atoms with Crippen LogP contribution in [0.5, 0.6) is 11.5 Å². The topological polar surface area (TPSA) is 81.9 Å². The monoisotopic (exact) mass is 340 g/mol. The molecule has 1 aromatic carbocycles. The minimum absolute atomic E-state index is 0.148. The summed E-state index contributed by atoms with van der Waals surface area (Å²) in [6.07, 6.45) is 2.66. The average molecular weight is 340 g/mol. The van der Waals surface area contributed by atoms with Gasteiger partial charge in [-0.05, 0) is 30.9 Å². The molecule has 3 rings (SSSR count). The van der Waals surface area contributed by atoms with Crippen LogP contribution in [0.25, 0.3) is 0 Å². The molecule has 0 aliphatic carbocycles. The van der Waals surface area contributed by atoms with Crippen molar-refractivity contribution in [2.24, 2.45) is 11.7 Å². The first-order valence-corrected chi connectivity index (χ1v) is 9.59. The van der Waals surface area contributed by atoms with E-state index in [1.807, 2.05) is 0 Å². The van der Waals surface area contributed by atoms with Crippen molar-refractivity contribution in [3.63, 3.8) is 0 Å². The van der Waals surface area contributed by atoms with Crippen LogP contribution < -0.4 is 15.2 Å². The second kappa shape index (κ2) is 6.67. The SMILES string of the molecule is C[C@H]1CCCN(S(=O)(=O)c2ccc3c(c2)OCCCO3)[C@H]1CN. The molecule has 2 heterocycles. The highest BCUT2D eigenvalue weighted by atomic mass is 32.2. The second-order valence-corrected chi connectivity index (χ2v) is 8.09.